The summed E-state index contributed by atoms with van der Waals surface area (Å²) in [6.45, 7) is 4.73. The number of hydrogen-bond acceptors (Lipinski definition) is 4. The molecular weight excluding hydrogens is 382 g/mol. The average molecular weight is 404 g/mol. The fourth-order valence-electron chi connectivity index (χ4n) is 3.34. The van der Waals surface area contributed by atoms with Gasteiger partial charge in [-0.1, -0.05) is 24.3 Å². The van der Waals surface area contributed by atoms with Gasteiger partial charge in [-0.3, -0.25) is 9.69 Å². The summed E-state index contributed by atoms with van der Waals surface area (Å²) in [7, 11) is 0. The Hall–Kier alpha value is -3.00. The lowest BCUT2D eigenvalue weighted by Crippen LogP contribution is -2.43. The van der Waals surface area contributed by atoms with E-state index in [2.05, 4.69) is 5.32 Å². The van der Waals surface area contributed by atoms with Crippen LogP contribution in [0.15, 0.2) is 36.4 Å². The number of carbonyl (C=O) groups is 2. The van der Waals surface area contributed by atoms with Crippen LogP contribution in [-0.2, 0) is 10.3 Å². The number of aliphatic hydroxyl groups is 1. The third-order valence-electron chi connectivity index (χ3n) is 4.99. The highest BCUT2D eigenvalue weighted by atomic mass is 19.2. The second-order valence-corrected chi connectivity index (χ2v) is 7.29. The molecule has 1 aliphatic rings. The first-order valence-corrected chi connectivity index (χ1v) is 9.10. The van der Waals surface area contributed by atoms with Crippen LogP contribution in [0.2, 0.25) is 0 Å². The summed E-state index contributed by atoms with van der Waals surface area (Å²) in [4.78, 5) is 26.0. The van der Waals surface area contributed by atoms with Gasteiger partial charge in [-0.2, -0.15) is 0 Å². The zero-order valence-electron chi connectivity index (χ0n) is 16.3. The number of carbonyl (C=O) groups excluding carboxylic acids is 2. The van der Waals surface area contributed by atoms with Crippen LogP contribution in [0, 0.1) is 25.5 Å². The third kappa shape index (κ3) is 3.93. The second-order valence-electron chi connectivity index (χ2n) is 7.29. The predicted molar refractivity (Wildman–Crippen MR) is 101 cm³/mol. The van der Waals surface area contributed by atoms with Crippen LogP contribution in [0.5, 0.6) is 5.75 Å². The minimum Gasteiger partial charge on any atom is -0.490 e. The van der Waals surface area contributed by atoms with Gasteiger partial charge in [-0.15, -0.1) is 0 Å². The smallest absolute Gasteiger partial charge is 0.325 e. The number of amides is 3. The van der Waals surface area contributed by atoms with E-state index in [1.54, 1.807) is 0 Å². The van der Waals surface area contributed by atoms with E-state index in [1.165, 1.54) is 13.0 Å². The molecule has 1 aliphatic heterocycles. The molecule has 2 atom stereocenters. The molecule has 3 rings (SSSR count). The van der Waals surface area contributed by atoms with Crippen LogP contribution in [0.4, 0.5) is 13.6 Å². The van der Waals surface area contributed by atoms with Crippen molar-refractivity contribution in [3.63, 3.8) is 0 Å². The molecule has 0 aromatic heterocycles. The van der Waals surface area contributed by atoms with Gasteiger partial charge in [0, 0.05) is 0 Å². The van der Waals surface area contributed by atoms with Crippen molar-refractivity contribution in [2.45, 2.75) is 32.4 Å². The number of β-amino-alcohol motifs (C(OH)–C–C–N with tert-alkyl or cyclic N) is 1. The lowest BCUT2D eigenvalue weighted by molar-refractivity contribution is -0.132. The Kier molecular flexibility index (Phi) is 5.57. The number of halogens is 2. The van der Waals surface area contributed by atoms with Gasteiger partial charge in [0.05, 0.1) is 6.54 Å². The molecule has 2 aromatic rings. The van der Waals surface area contributed by atoms with Gasteiger partial charge >= 0.3 is 6.03 Å². The van der Waals surface area contributed by atoms with Crippen molar-refractivity contribution in [2.75, 3.05) is 13.2 Å². The van der Waals surface area contributed by atoms with Crippen molar-refractivity contribution in [2.24, 2.45) is 0 Å². The molecule has 1 fully saturated rings. The van der Waals surface area contributed by atoms with Gasteiger partial charge in [0.1, 0.15) is 24.0 Å². The number of aryl methyl sites for hydroxylation is 2. The van der Waals surface area contributed by atoms with Crippen LogP contribution in [-0.4, -0.2) is 41.2 Å². The molecule has 0 aliphatic carbocycles. The lowest BCUT2D eigenvalue weighted by Gasteiger charge is -2.23. The van der Waals surface area contributed by atoms with Crippen LogP contribution >= 0.6 is 0 Å². The van der Waals surface area contributed by atoms with Crippen molar-refractivity contribution in [1.29, 1.82) is 0 Å². The van der Waals surface area contributed by atoms with Crippen LogP contribution in [0.1, 0.15) is 23.6 Å². The number of urea groups is 1. The van der Waals surface area contributed by atoms with Crippen molar-refractivity contribution in [3.05, 3.63) is 64.7 Å². The molecular formula is C21H22F2N2O4. The lowest BCUT2D eigenvalue weighted by atomic mass is 9.92. The topological polar surface area (TPSA) is 78.9 Å². The number of benzene rings is 2. The maximum Gasteiger partial charge on any atom is 0.325 e. The summed E-state index contributed by atoms with van der Waals surface area (Å²) < 4.78 is 32.5. The summed E-state index contributed by atoms with van der Waals surface area (Å²) in [6.07, 6.45) is -1.13. The van der Waals surface area contributed by atoms with Crippen LogP contribution in [0.3, 0.4) is 0 Å². The molecule has 8 heteroatoms. The van der Waals surface area contributed by atoms with E-state index >= 15 is 0 Å². The van der Waals surface area contributed by atoms with Gasteiger partial charge in [0.2, 0.25) is 0 Å². The van der Waals surface area contributed by atoms with E-state index < -0.39 is 35.2 Å². The molecule has 3 amide bonds. The normalized spacial score (nSPS) is 20.0. The summed E-state index contributed by atoms with van der Waals surface area (Å²) in [6, 6.07) is 7.91. The predicted octanol–water partition coefficient (Wildman–Crippen LogP) is 2.79. The van der Waals surface area contributed by atoms with Crippen LogP contribution < -0.4 is 10.1 Å². The van der Waals surface area contributed by atoms with E-state index in [9.17, 15) is 23.5 Å². The molecule has 154 valence electrons. The first-order valence-electron chi connectivity index (χ1n) is 9.10. The Morgan fingerprint density at radius 1 is 1.14 bits per heavy atom. The molecule has 29 heavy (non-hydrogen) atoms. The number of nitrogens with one attached hydrogen (secondary N) is 1. The molecule has 6 nitrogen and oxygen atoms in total. The Morgan fingerprint density at radius 2 is 1.79 bits per heavy atom. The van der Waals surface area contributed by atoms with E-state index in [1.807, 2.05) is 32.0 Å². The number of rotatable bonds is 6. The summed E-state index contributed by atoms with van der Waals surface area (Å²) >= 11 is 0. The number of nitrogens with zero attached hydrogens (tertiary/aromatic N) is 1. The Bertz CT molecular complexity index is 945. The van der Waals surface area contributed by atoms with Crippen molar-refractivity contribution >= 4 is 11.9 Å². The molecule has 0 spiro atoms. The SMILES string of the molecule is Cc1cccc(C)c1OC[C@@H](O)CN1C(=O)N[C@@](C)(c2ccc(F)c(F)c2)C1=O. The highest BCUT2D eigenvalue weighted by Gasteiger charge is 2.49. The zero-order chi connectivity index (χ0) is 21.3. The molecule has 0 radical (unpaired) electrons. The minimum absolute atomic E-state index is 0.110. The third-order valence-corrected chi connectivity index (χ3v) is 4.99. The maximum atomic E-state index is 13.6. The molecule has 1 heterocycles. The Balaban J connectivity index is 1.70. The van der Waals surface area contributed by atoms with Crippen molar-refractivity contribution in [3.8, 4) is 5.75 Å². The van der Waals surface area contributed by atoms with Gasteiger partial charge < -0.3 is 15.2 Å². The molecule has 1 saturated heterocycles. The van der Waals surface area contributed by atoms with Crippen molar-refractivity contribution < 1.29 is 28.2 Å². The van der Waals surface area contributed by atoms with E-state index in [0.717, 1.165) is 28.2 Å². The van der Waals surface area contributed by atoms with Gasteiger partial charge in [0.25, 0.3) is 5.91 Å². The van der Waals surface area contributed by atoms with E-state index in [0.29, 0.717) is 5.75 Å². The minimum atomic E-state index is -1.56. The van der Waals surface area contributed by atoms with E-state index in [4.69, 9.17) is 4.74 Å². The molecule has 0 unspecified atom stereocenters. The molecule has 0 bridgehead atoms. The standard InChI is InChI=1S/C21H22F2N2O4/c1-12-5-4-6-13(2)18(12)29-11-15(26)10-25-19(27)21(3,24-20(25)28)14-7-8-16(22)17(23)9-14/h4-9,15,26H,10-11H2,1-3H3,(H,24,28)/t15-,21-/m0/s1. The van der Waals surface area contributed by atoms with Crippen LogP contribution in [0.25, 0.3) is 0 Å². The van der Waals surface area contributed by atoms with Crippen molar-refractivity contribution in [1.82, 2.24) is 10.2 Å². The number of imide groups is 1. The average Bonchev–Trinajstić information content (AvgIpc) is 2.87. The number of para-hydroxylation sites is 1. The largest absolute Gasteiger partial charge is 0.490 e. The fourth-order valence-corrected chi connectivity index (χ4v) is 3.34. The molecule has 0 saturated carbocycles. The number of aliphatic hydroxyl groups excluding tert-OH is 1. The number of hydrogen-bond donors (Lipinski definition) is 2. The first-order chi connectivity index (χ1) is 13.6. The Morgan fingerprint density at radius 3 is 2.41 bits per heavy atom. The Labute approximate surface area is 167 Å². The first kappa shape index (κ1) is 20.7. The zero-order valence-corrected chi connectivity index (χ0v) is 16.3. The quantitative estimate of drug-likeness (QED) is 0.726. The fraction of sp³-hybridized carbons (Fsp3) is 0.333. The molecule has 2 aromatic carbocycles. The monoisotopic (exact) mass is 404 g/mol. The van der Waals surface area contributed by atoms with E-state index in [-0.39, 0.29) is 18.7 Å². The molecule has 2 N–H and O–H groups in total. The highest BCUT2D eigenvalue weighted by molar-refractivity contribution is 6.07. The summed E-state index contributed by atoms with van der Waals surface area (Å²) in [5, 5.41) is 12.8. The van der Waals surface area contributed by atoms with Gasteiger partial charge in [-0.25, -0.2) is 13.6 Å². The summed E-state index contributed by atoms with van der Waals surface area (Å²) in [5.74, 6) is -2.20. The highest BCUT2D eigenvalue weighted by Crippen LogP contribution is 2.30. The maximum absolute atomic E-state index is 13.6. The van der Waals surface area contributed by atoms with Gasteiger partial charge in [-0.05, 0) is 49.6 Å². The number of ether oxygens (including phenoxy) is 1. The second kappa shape index (κ2) is 7.79. The summed E-state index contributed by atoms with van der Waals surface area (Å²) in [5.41, 5.74) is 0.355. The van der Waals surface area contributed by atoms with Gasteiger partial charge in [0.15, 0.2) is 11.6 Å².